The highest BCUT2D eigenvalue weighted by molar-refractivity contribution is 7.97. The van der Waals surface area contributed by atoms with Crippen LogP contribution in [0.2, 0.25) is 0 Å². The van der Waals surface area contributed by atoms with E-state index in [4.69, 9.17) is 8.94 Å². The fourth-order valence-electron chi connectivity index (χ4n) is 1.31. The largest absolute Gasteiger partial charge is 0.468 e. The van der Waals surface area contributed by atoms with Crippen LogP contribution in [0.15, 0.2) is 27.3 Å². The lowest BCUT2D eigenvalue weighted by atomic mass is 10.3. The molecule has 0 aliphatic rings. The molecule has 0 aliphatic heterocycles. The summed E-state index contributed by atoms with van der Waals surface area (Å²) in [5.41, 5.74) is 0. The van der Waals surface area contributed by atoms with Crippen LogP contribution < -0.4 is 0 Å². The number of aromatic nitrogens is 2. The van der Waals surface area contributed by atoms with Gasteiger partial charge in [-0.25, -0.2) is 0 Å². The smallest absolute Gasteiger partial charge is 0.236 e. The number of hydrogen-bond acceptors (Lipinski definition) is 5. The maximum atomic E-state index is 5.23. The molecule has 2 heterocycles. The molecule has 4 nitrogen and oxygen atoms in total. The number of hydrogen-bond donors (Lipinski definition) is 0. The van der Waals surface area contributed by atoms with Crippen LogP contribution in [0.5, 0.6) is 0 Å². The third-order valence-corrected chi connectivity index (χ3v) is 2.97. The van der Waals surface area contributed by atoms with Crippen molar-refractivity contribution in [2.75, 3.05) is 0 Å². The second-order valence-electron chi connectivity index (χ2n) is 3.43. The second-order valence-corrected chi connectivity index (χ2v) is 4.41. The molecular formula is C11H14N2O2S. The van der Waals surface area contributed by atoms with Crippen molar-refractivity contribution >= 4 is 11.8 Å². The summed E-state index contributed by atoms with van der Waals surface area (Å²) in [5, 5.41) is 3.90. The minimum atomic E-state index is 0.694. The molecule has 16 heavy (non-hydrogen) atoms. The summed E-state index contributed by atoms with van der Waals surface area (Å²) in [6.07, 6.45) is 3.60. The summed E-state index contributed by atoms with van der Waals surface area (Å²) >= 11 is 1.71. The van der Waals surface area contributed by atoms with Crippen LogP contribution >= 0.6 is 11.8 Å². The van der Waals surface area contributed by atoms with E-state index in [1.807, 2.05) is 12.1 Å². The van der Waals surface area contributed by atoms with E-state index in [9.17, 15) is 0 Å². The molecule has 0 unspecified atom stereocenters. The van der Waals surface area contributed by atoms with Crippen LogP contribution in [0.3, 0.4) is 0 Å². The molecule has 2 aromatic heterocycles. The Morgan fingerprint density at radius 2 is 2.31 bits per heavy atom. The Morgan fingerprint density at radius 3 is 3.06 bits per heavy atom. The van der Waals surface area contributed by atoms with Crippen LogP contribution in [0.1, 0.15) is 30.8 Å². The number of thioether (sulfide) groups is 1. The summed E-state index contributed by atoms with van der Waals surface area (Å²) in [4.78, 5) is 4.29. The van der Waals surface area contributed by atoms with Crippen molar-refractivity contribution in [1.82, 2.24) is 10.1 Å². The zero-order valence-electron chi connectivity index (χ0n) is 9.18. The van der Waals surface area contributed by atoms with E-state index in [0.717, 1.165) is 35.9 Å². The van der Waals surface area contributed by atoms with Crippen molar-refractivity contribution in [1.29, 1.82) is 0 Å². The van der Waals surface area contributed by atoms with Gasteiger partial charge in [-0.1, -0.05) is 12.1 Å². The third kappa shape index (κ3) is 3.13. The molecule has 0 atom stereocenters. The molecule has 0 aromatic carbocycles. The van der Waals surface area contributed by atoms with E-state index >= 15 is 0 Å². The zero-order valence-corrected chi connectivity index (χ0v) is 10.00. The SMILES string of the molecule is CCCc1noc(CSCc2ccco2)n1. The maximum Gasteiger partial charge on any atom is 0.236 e. The van der Waals surface area contributed by atoms with Gasteiger partial charge in [0.2, 0.25) is 5.89 Å². The fraction of sp³-hybridized carbons (Fsp3) is 0.455. The first kappa shape index (κ1) is 11.3. The fourth-order valence-corrected chi connectivity index (χ4v) is 2.07. The maximum absolute atomic E-state index is 5.23. The molecule has 0 saturated carbocycles. The lowest BCUT2D eigenvalue weighted by molar-refractivity contribution is 0.384. The Bertz CT molecular complexity index is 411. The monoisotopic (exact) mass is 238 g/mol. The molecule has 0 saturated heterocycles. The summed E-state index contributed by atoms with van der Waals surface area (Å²) in [5.74, 6) is 4.03. The molecule has 0 amide bonds. The van der Waals surface area contributed by atoms with Gasteiger partial charge in [0.1, 0.15) is 5.76 Å². The first-order valence-electron chi connectivity index (χ1n) is 5.30. The van der Waals surface area contributed by atoms with E-state index < -0.39 is 0 Å². The zero-order chi connectivity index (χ0) is 11.2. The quantitative estimate of drug-likeness (QED) is 0.774. The van der Waals surface area contributed by atoms with E-state index in [0.29, 0.717) is 5.89 Å². The standard InChI is InChI=1S/C11H14N2O2S/c1-2-4-10-12-11(15-13-10)8-16-7-9-5-3-6-14-9/h3,5-6H,2,4,7-8H2,1H3. The van der Waals surface area contributed by atoms with Crippen molar-refractivity contribution in [2.45, 2.75) is 31.3 Å². The number of aryl methyl sites for hydroxylation is 1. The molecule has 0 bridgehead atoms. The predicted octanol–water partition coefficient (Wildman–Crippen LogP) is 3.05. The lowest BCUT2D eigenvalue weighted by Crippen LogP contribution is -1.86. The van der Waals surface area contributed by atoms with Gasteiger partial charge in [0, 0.05) is 6.42 Å². The van der Waals surface area contributed by atoms with Crippen molar-refractivity contribution in [3.63, 3.8) is 0 Å². The van der Waals surface area contributed by atoms with E-state index in [1.54, 1.807) is 18.0 Å². The third-order valence-electron chi connectivity index (χ3n) is 2.03. The number of nitrogens with zero attached hydrogens (tertiary/aromatic N) is 2. The molecule has 2 rings (SSSR count). The van der Waals surface area contributed by atoms with Gasteiger partial charge >= 0.3 is 0 Å². The van der Waals surface area contributed by atoms with Gasteiger partial charge < -0.3 is 8.94 Å². The number of furan rings is 1. The lowest BCUT2D eigenvalue weighted by Gasteiger charge is -1.93. The van der Waals surface area contributed by atoms with Gasteiger partial charge in [-0.3, -0.25) is 0 Å². The average Bonchev–Trinajstić information content (AvgIpc) is 2.90. The average molecular weight is 238 g/mol. The Kier molecular flexibility index (Phi) is 4.04. The van der Waals surface area contributed by atoms with Crippen LogP contribution in [-0.4, -0.2) is 10.1 Å². The van der Waals surface area contributed by atoms with Crippen LogP contribution in [0.4, 0.5) is 0 Å². The first-order valence-corrected chi connectivity index (χ1v) is 6.45. The molecule has 0 spiro atoms. The molecule has 86 valence electrons. The Labute approximate surface area is 98.4 Å². The Balaban J connectivity index is 1.76. The van der Waals surface area contributed by atoms with Gasteiger partial charge in [-0.05, 0) is 18.6 Å². The van der Waals surface area contributed by atoms with E-state index in [1.165, 1.54) is 0 Å². The predicted molar refractivity (Wildman–Crippen MR) is 62.0 cm³/mol. The van der Waals surface area contributed by atoms with Crippen molar-refractivity contribution in [3.05, 3.63) is 35.9 Å². The van der Waals surface area contributed by atoms with Gasteiger partial charge in [0.05, 0.1) is 17.8 Å². The number of rotatable bonds is 6. The van der Waals surface area contributed by atoms with Crippen molar-refractivity contribution < 1.29 is 8.94 Å². The molecular weight excluding hydrogens is 224 g/mol. The van der Waals surface area contributed by atoms with Crippen LogP contribution in [0, 0.1) is 0 Å². The Hall–Kier alpha value is -1.23. The minimum Gasteiger partial charge on any atom is -0.468 e. The topological polar surface area (TPSA) is 52.1 Å². The summed E-state index contributed by atoms with van der Waals surface area (Å²) in [6.45, 7) is 2.10. The van der Waals surface area contributed by atoms with Crippen LogP contribution in [0.25, 0.3) is 0 Å². The van der Waals surface area contributed by atoms with Crippen LogP contribution in [-0.2, 0) is 17.9 Å². The summed E-state index contributed by atoms with van der Waals surface area (Å²) < 4.78 is 10.4. The van der Waals surface area contributed by atoms with E-state index in [-0.39, 0.29) is 0 Å². The molecule has 2 aromatic rings. The summed E-state index contributed by atoms with van der Waals surface area (Å²) in [6, 6.07) is 3.85. The van der Waals surface area contributed by atoms with E-state index in [2.05, 4.69) is 17.1 Å². The Morgan fingerprint density at radius 1 is 1.38 bits per heavy atom. The first-order chi connectivity index (χ1) is 7.88. The molecule has 0 aliphatic carbocycles. The molecule has 0 N–H and O–H groups in total. The molecule has 0 radical (unpaired) electrons. The van der Waals surface area contributed by atoms with Gasteiger partial charge in [0.15, 0.2) is 5.82 Å². The van der Waals surface area contributed by atoms with Gasteiger partial charge in [-0.2, -0.15) is 4.98 Å². The van der Waals surface area contributed by atoms with Gasteiger partial charge in [-0.15, -0.1) is 11.8 Å². The van der Waals surface area contributed by atoms with Crippen molar-refractivity contribution in [3.8, 4) is 0 Å². The minimum absolute atomic E-state index is 0.694. The normalized spacial score (nSPS) is 10.8. The highest BCUT2D eigenvalue weighted by Gasteiger charge is 2.05. The highest BCUT2D eigenvalue weighted by Crippen LogP contribution is 2.17. The van der Waals surface area contributed by atoms with Crippen molar-refractivity contribution in [2.24, 2.45) is 0 Å². The second kappa shape index (κ2) is 5.75. The highest BCUT2D eigenvalue weighted by atomic mass is 32.2. The molecule has 0 fully saturated rings. The molecule has 5 heteroatoms. The van der Waals surface area contributed by atoms with Gasteiger partial charge in [0.25, 0.3) is 0 Å². The summed E-state index contributed by atoms with van der Waals surface area (Å²) in [7, 11) is 0.